The molecule has 2 aromatic carbocycles. The summed E-state index contributed by atoms with van der Waals surface area (Å²) < 4.78 is 11.8. The number of anilines is 2. The quantitative estimate of drug-likeness (QED) is 0.396. The molecule has 2 fully saturated rings. The van der Waals surface area contributed by atoms with Crippen LogP contribution >= 0.6 is 12.2 Å². The Labute approximate surface area is 224 Å². The number of benzene rings is 2. The van der Waals surface area contributed by atoms with E-state index in [1.165, 1.54) is 12.0 Å². The predicted octanol–water partition coefficient (Wildman–Crippen LogP) is 5.54. The zero-order valence-corrected chi connectivity index (χ0v) is 22.2. The summed E-state index contributed by atoms with van der Waals surface area (Å²) in [6, 6.07) is 22.2. The van der Waals surface area contributed by atoms with Crippen molar-refractivity contribution in [2.45, 2.75) is 38.0 Å². The highest BCUT2D eigenvalue weighted by Gasteiger charge is 2.34. The van der Waals surface area contributed by atoms with Crippen LogP contribution in [-0.2, 0) is 10.2 Å². The lowest BCUT2D eigenvalue weighted by Gasteiger charge is -2.38. The van der Waals surface area contributed by atoms with Gasteiger partial charge in [0, 0.05) is 44.3 Å². The first kappa shape index (κ1) is 25.4. The molecule has 3 heterocycles. The molecule has 5 rings (SSSR count). The fraction of sp³-hybridized carbons (Fsp3) is 0.414. The molecule has 2 saturated heterocycles. The van der Waals surface area contributed by atoms with Crippen LogP contribution in [0.2, 0.25) is 0 Å². The molecular formula is C29H35N5O2S. The van der Waals surface area contributed by atoms with Gasteiger partial charge in [-0.05, 0) is 61.5 Å². The van der Waals surface area contributed by atoms with E-state index in [9.17, 15) is 0 Å². The second kappa shape index (κ2) is 11.9. The number of rotatable bonds is 7. The van der Waals surface area contributed by atoms with E-state index in [2.05, 4.69) is 57.8 Å². The average molecular weight is 518 g/mol. The number of para-hydroxylation sites is 1. The second-order valence-corrected chi connectivity index (χ2v) is 10.5. The third-order valence-corrected chi connectivity index (χ3v) is 7.53. The number of ether oxygens (including phenoxy) is 2. The molecule has 3 aromatic rings. The van der Waals surface area contributed by atoms with Crippen molar-refractivity contribution in [3.8, 4) is 11.6 Å². The molecule has 0 spiro atoms. The van der Waals surface area contributed by atoms with Crippen LogP contribution in [0.5, 0.6) is 11.6 Å². The molecule has 0 radical (unpaired) electrons. The lowest BCUT2D eigenvalue weighted by molar-refractivity contribution is 0.0515. The number of hydrogen-bond donors (Lipinski definition) is 2. The molecule has 8 heteroatoms. The van der Waals surface area contributed by atoms with Crippen molar-refractivity contribution in [1.29, 1.82) is 0 Å². The van der Waals surface area contributed by atoms with Crippen LogP contribution in [0.4, 0.5) is 11.8 Å². The van der Waals surface area contributed by atoms with E-state index < -0.39 is 0 Å². The zero-order valence-electron chi connectivity index (χ0n) is 21.4. The maximum absolute atomic E-state index is 6.09. The van der Waals surface area contributed by atoms with E-state index >= 15 is 0 Å². The normalized spacial score (nSPS) is 19.2. The van der Waals surface area contributed by atoms with Crippen LogP contribution in [0.1, 0.15) is 38.2 Å². The third-order valence-electron chi connectivity index (χ3n) is 7.28. The molecule has 2 aliphatic heterocycles. The van der Waals surface area contributed by atoms with Crippen molar-refractivity contribution in [2.75, 3.05) is 43.1 Å². The molecular weight excluding hydrogens is 482 g/mol. The minimum atomic E-state index is -0.0283. The number of nitrogens with zero attached hydrogens (tertiary/aromatic N) is 3. The van der Waals surface area contributed by atoms with Gasteiger partial charge in [0.05, 0.1) is 0 Å². The highest BCUT2D eigenvalue weighted by molar-refractivity contribution is 7.80. The van der Waals surface area contributed by atoms with Crippen LogP contribution in [0, 0.1) is 5.92 Å². The predicted molar refractivity (Wildman–Crippen MR) is 152 cm³/mol. The minimum absolute atomic E-state index is 0.0283. The molecule has 0 bridgehead atoms. The maximum atomic E-state index is 6.09. The number of thiocarbonyl (C=S) groups is 1. The summed E-state index contributed by atoms with van der Waals surface area (Å²) >= 11 is 5.71. The molecule has 7 nitrogen and oxygen atoms in total. The maximum Gasteiger partial charge on any atom is 0.234 e. The molecule has 37 heavy (non-hydrogen) atoms. The largest absolute Gasteiger partial charge is 0.439 e. The summed E-state index contributed by atoms with van der Waals surface area (Å²) in [6.45, 7) is 6.42. The van der Waals surface area contributed by atoms with Gasteiger partial charge < -0.3 is 25.0 Å². The Kier molecular flexibility index (Phi) is 8.16. The molecule has 0 unspecified atom stereocenters. The van der Waals surface area contributed by atoms with Crippen LogP contribution in [-0.4, -0.2) is 47.9 Å². The van der Waals surface area contributed by atoms with Crippen molar-refractivity contribution in [3.05, 3.63) is 72.3 Å². The fourth-order valence-corrected chi connectivity index (χ4v) is 5.37. The van der Waals surface area contributed by atoms with E-state index in [1.54, 1.807) is 0 Å². The topological polar surface area (TPSA) is 71.5 Å². The second-order valence-electron chi connectivity index (χ2n) is 10.1. The molecule has 0 aliphatic carbocycles. The van der Waals surface area contributed by atoms with Gasteiger partial charge in [0.25, 0.3) is 0 Å². The van der Waals surface area contributed by atoms with Gasteiger partial charge in [0.1, 0.15) is 11.6 Å². The Morgan fingerprint density at radius 1 is 1.08 bits per heavy atom. The van der Waals surface area contributed by atoms with E-state index in [4.69, 9.17) is 26.7 Å². The summed E-state index contributed by atoms with van der Waals surface area (Å²) in [5.41, 5.74) is 1.28. The van der Waals surface area contributed by atoms with Crippen molar-refractivity contribution >= 4 is 29.1 Å². The Morgan fingerprint density at radius 3 is 2.54 bits per heavy atom. The number of hydrogen-bond acceptors (Lipinski definition) is 6. The van der Waals surface area contributed by atoms with Crippen LogP contribution in [0.25, 0.3) is 0 Å². The van der Waals surface area contributed by atoms with Gasteiger partial charge in [-0.3, -0.25) is 0 Å². The minimum Gasteiger partial charge on any atom is -0.439 e. The van der Waals surface area contributed by atoms with E-state index in [0.29, 0.717) is 29.4 Å². The number of aromatic nitrogens is 2. The summed E-state index contributed by atoms with van der Waals surface area (Å²) in [7, 11) is 0. The average Bonchev–Trinajstić information content (AvgIpc) is 2.93. The van der Waals surface area contributed by atoms with Gasteiger partial charge in [0.15, 0.2) is 5.11 Å². The van der Waals surface area contributed by atoms with E-state index in [-0.39, 0.29) is 5.41 Å². The Hall–Kier alpha value is -3.23. The Morgan fingerprint density at radius 2 is 1.81 bits per heavy atom. The van der Waals surface area contributed by atoms with E-state index in [1.807, 2.05) is 36.4 Å². The highest BCUT2D eigenvalue weighted by Crippen LogP contribution is 2.34. The Bertz CT molecular complexity index is 1170. The summed E-state index contributed by atoms with van der Waals surface area (Å²) in [4.78, 5) is 11.8. The van der Waals surface area contributed by atoms with Crippen LogP contribution in [0.15, 0.2) is 66.7 Å². The lowest BCUT2D eigenvalue weighted by Crippen LogP contribution is -2.45. The van der Waals surface area contributed by atoms with Gasteiger partial charge in [-0.2, -0.15) is 9.97 Å². The van der Waals surface area contributed by atoms with Crippen LogP contribution in [0.3, 0.4) is 0 Å². The summed E-state index contributed by atoms with van der Waals surface area (Å²) in [6.07, 6.45) is 4.28. The first-order valence-electron chi connectivity index (χ1n) is 13.1. The SMILES string of the molecule is C[C@H]1CCCN(c2cc(Oc3ccccc3)nc(NC(=S)NCC3(c4ccccc4)CCOCC3)n2)C1. The van der Waals surface area contributed by atoms with Gasteiger partial charge in [-0.1, -0.05) is 55.5 Å². The monoisotopic (exact) mass is 517 g/mol. The molecule has 0 saturated carbocycles. The van der Waals surface area contributed by atoms with Crippen molar-refractivity contribution in [3.63, 3.8) is 0 Å². The molecule has 2 aliphatic rings. The van der Waals surface area contributed by atoms with Gasteiger partial charge in [-0.15, -0.1) is 0 Å². The van der Waals surface area contributed by atoms with Gasteiger partial charge >= 0.3 is 0 Å². The van der Waals surface area contributed by atoms with Crippen molar-refractivity contribution in [1.82, 2.24) is 15.3 Å². The van der Waals surface area contributed by atoms with Crippen molar-refractivity contribution < 1.29 is 9.47 Å². The number of nitrogens with one attached hydrogen (secondary N) is 2. The lowest BCUT2D eigenvalue weighted by atomic mass is 9.74. The summed E-state index contributed by atoms with van der Waals surface area (Å²) in [5.74, 6) is 3.12. The highest BCUT2D eigenvalue weighted by atomic mass is 32.1. The fourth-order valence-electron chi connectivity index (χ4n) is 5.21. The summed E-state index contributed by atoms with van der Waals surface area (Å²) in [5, 5.41) is 7.17. The third kappa shape index (κ3) is 6.56. The van der Waals surface area contributed by atoms with Gasteiger partial charge in [-0.25, -0.2) is 0 Å². The molecule has 194 valence electrons. The molecule has 1 atom stereocenters. The van der Waals surface area contributed by atoms with E-state index in [0.717, 1.165) is 57.1 Å². The molecule has 0 amide bonds. The van der Waals surface area contributed by atoms with Crippen LogP contribution < -0.4 is 20.3 Å². The molecule has 1 aromatic heterocycles. The smallest absolute Gasteiger partial charge is 0.234 e. The standard InChI is InChI=1S/C29H35N5O2S/c1-22-9-8-16-34(20-22)25-19-26(36-24-12-6-3-7-13-24)32-27(31-25)33-28(37)30-21-29(14-17-35-18-15-29)23-10-4-2-5-11-23/h2-7,10-13,19,22H,8-9,14-18,20-21H2,1H3,(H2,30,31,32,33,37)/t22-/m0/s1. The first-order chi connectivity index (χ1) is 18.1. The molecule has 2 N–H and O–H groups in total. The Balaban J connectivity index is 1.33. The van der Waals surface area contributed by atoms with Gasteiger partial charge in [0.2, 0.25) is 11.8 Å². The number of piperidine rings is 1. The van der Waals surface area contributed by atoms with Crippen molar-refractivity contribution in [2.24, 2.45) is 5.92 Å². The first-order valence-corrected chi connectivity index (χ1v) is 13.6. The zero-order chi connectivity index (χ0) is 25.5.